The van der Waals surface area contributed by atoms with Crippen molar-refractivity contribution in [2.24, 2.45) is 0 Å². The molecule has 88 valence electrons. The van der Waals surface area contributed by atoms with Crippen LogP contribution in [0.15, 0.2) is 18.2 Å². The molecule has 1 rings (SSSR count). The van der Waals surface area contributed by atoms with Crippen molar-refractivity contribution in [3.63, 3.8) is 0 Å². The molecular weight excluding hydrogens is 249 g/mol. The van der Waals surface area contributed by atoms with E-state index in [0.717, 1.165) is 5.56 Å². The van der Waals surface area contributed by atoms with Crippen LogP contribution >= 0.6 is 23.2 Å². The Kier molecular flexibility index (Phi) is 4.59. The van der Waals surface area contributed by atoms with Crippen molar-refractivity contribution >= 4 is 29.2 Å². The molecule has 0 unspecified atom stereocenters. The van der Waals surface area contributed by atoms with Crippen molar-refractivity contribution in [3.05, 3.63) is 33.8 Å². The minimum Gasteiger partial charge on any atom is -0.480 e. The van der Waals surface area contributed by atoms with E-state index in [4.69, 9.17) is 28.3 Å². The molecule has 0 radical (unpaired) electrons. The molecule has 16 heavy (non-hydrogen) atoms. The first kappa shape index (κ1) is 13.3. The summed E-state index contributed by atoms with van der Waals surface area (Å²) in [6.07, 6.45) is 0.402. The Balaban J connectivity index is 2.86. The maximum absolute atomic E-state index is 11.0. The van der Waals surface area contributed by atoms with Crippen molar-refractivity contribution in [2.75, 3.05) is 14.1 Å². The van der Waals surface area contributed by atoms with Crippen LogP contribution in [0, 0.1) is 0 Å². The van der Waals surface area contributed by atoms with E-state index in [1.807, 2.05) is 0 Å². The SMILES string of the molecule is CN(C)[C@@H](Cc1ccc(Cl)c(Cl)c1)C(=O)O. The van der Waals surface area contributed by atoms with Crippen LogP contribution in [0.4, 0.5) is 0 Å². The maximum atomic E-state index is 11.0. The van der Waals surface area contributed by atoms with E-state index in [2.05, 4.69) is 0 Å². The molecule has 1 aromatic rings. The minimum absolute atomic E-state index is 0.402. The molecule has 0 saturated carbocycles. The zero-order valence-corrected chi connectivity index (χ0v) is 10.6. The van der Waals surface area contributed by atoms with Gasteiger partial charge in [0.25, 0.3) is 0 Å². The number of hydrogen-bond donors (Lipinski definition) is 1. The van der Waals surface area contributed by atoms with Gasteiger partial charge in [-0.15, -0.1) is 0 Å². The fourth-order valence-corrected chi connectivity index (χ4v) is 1.70. The summed E-state index contributed by atoms with van der Waals surface area (Å²) >= 11 is 11.6. The number of halogens is 2. The second-order valence-corrected chi connectivity index (χ2v) is 4.58. The van der Waals surface area contributed by atoms with Gasteiger partial charge in [0, 0.05) is 0 Å². The Bertz CT molecular complexity index is 394. The van der Waals surface area contributed by atoms with Crippen LogP contribution in [0.3, 0.4) is 0 Å². The van der Waals surface area contributed by atoms with Gasteiger partial charge in [0.05, 0.1) is 10.0 Å². The van der Waals surface area contributed by atoms with Gasteiger partial charge in [-0.3, -0.25) is 9.69 Å². The van der Waals surface area contributed by atoms with E-state index >= 15 is 0 Å². The lowest BCUT2D eigenvalue weighted by Gasteiger charge is -2.20. The summed E-state index contributed by atoms with van der Waals surface area (Å²) in [6, 6.07) is 4.60. The highest BCUT2D eigenvalue weighted by molar-refractivity contribution is 6.42. The van der Waals surface area contributed by atoms with Crippen LogP contribution in [-0.2, 0) is 11.2 Å². The summed E-state index contributed by atoms with van der Waals surface area (Å²) in [5, 5.41) is 9.95. The highest BCUT2D eigenvalue weighted by Crippen LogP contribution is 2.23. The third-order valence-corrected chi connectivity index (χ3v) is 3.06. The molecule has 0 heterocycles. The lowest BCUT2D eigenvalue weighted by atomic mass is 10.1. The number of likely N-dealkylation sites (N-methyl/N-ethyl adjacent to an activating group) is 1. The summed E-state index contributed by atoms with van der Waals surface area (Å²) < 4.78 is 0. The third-order valence-electron chi connectivity index (χ3n) is 2.32. The molecule has 0 aliphatic carbocycles. The molecule has 0 amide bonds. The number of hydrogen-bond acceptors (Lipinski definition) is 2. The van der Waals surface area contributed by atoms with Crippen LogP contribution in [0.25, 0.3) is 0 Å². The second-order valence-electron chi connectivity index (χ2n) is 3.77. The standard InChI is InChI=1S/C11H13Cl2NO2/c1-14(2)10(11(15)16)6-7-3-4-8(12)9(13)5-7/h3-5,10H,6H2,1-2H3,(H,15,16)/t10-/m0/s1. The van der Waals surface area contributed by atoms with Crippen molar-refractivity contribution in [3.8, 4) is 0 Å². The van der Waals surface area contributed by atoms with E-state index in [9.17, 15) is 4.79 Å². The van der Waals surface area contributed by atoms with Gasteiger partial charge < -0.3 is 5.11 Å². The van der Waals surface area contributed by atoms with E-state index in [-0.39, 0.29) is 0 Å². The van der Waals surface area contributed by atoms with Crippen LogP contribution in [0.5, 0.6) is 0 Å². The van der Waals surface area contributed by atoms with Gasteiger partial charge >= 0.3 is 5.97 Å². The van der Waals surface area contributed by atoms with Crippen LogP contribution in [-0.4, -0.2) is 36.1 Å². The average Bonchev–Trinajstić information content (AvgIpc) is 2.18. The lowest BCUT2D eigenvalue weighted by molar-refractivity contribution is -0.142. The number of carbonyl (C=O) groups is 1. The number of rotatable bonds is 4. The molecule has 0 aliphatic rings. The average molecular weight is 262 g/mol. The Morgan fingerprint density at radius 1 is 1.38 bits per heavy atom. The number of carboxylic acid groups (broad SMARTS) is 1. The zero-order chi connectivity index (χ0) is 12.3. The highest BCUT2D eigenvalue weighted by Gasteiger charge is 2.20. The largest absolute Gasteiger partial charge is 0.480 e. The molecule has 0 saturated heterocycles. The molecule has 3 nitrogen and oxygen atoms in total. The molecular formula is C11H13Cl2NO2. The van der Waals surface area contributed by atoms with Gasteiger partial charge in [-0.2, -0.15) is 0 Å². The summed E-state index contributed by atoms with van der Waals surface area (Å²) in [5.74, 6) is -0.851. The third kappa shape index (κ3) is 3.37. The van der Waals surface area contributed by atoms with Crippen LogP contribution in [0.1, 0.15) is 5.56 Å². The molecule has 1 aromatic carbocycles. The number of benzene rings is 1. The molecule has 1 atom stereocenters. The summed E-state index contributed by atoms with van der Waals surface area (Å²) in [4.78, 5) is 12.7. The molecule has 0 aliphatic heterocycles. The first-order valence-electron chi connectivity index (χ1n) is 4.75. The second kappa shape index (κ2) is 5.53. The quantitative estimate of drug-likeness (QED) is 0.906. The molecule has 0 aromatic heterocycles. The van der Waals surface area contributed by atoms with Crippen molar-refractivity contribution in [1.82, 2.24) is 4.90 Å². The van der Waals surface area contributed by atoms with Gasteiger partial charge in [0.15, 0.2) is 0 Å². The summed E-state index contributed by atoms with van der Waals surface area (Å²) in [5.41, 5.74) is 0.857. The topological polar surface area (TPSA) is 40.5 Å². The molecule has 0 fully saturated rings. The predicted octanol–water partition coefficient (Wildman–Crippen LogP) is 2.55. The molecule has 0 spiro atoms. The number of carboxylic acids is 1. The maximum Gasteiger partial charge on any atom is 0.321 e. The van der Waals surface area contributed by atoms with Crippen molar-refractivity contribution in [1.29, 1.82) is 0 Å². The first-order chi connectivity index (χ1) is 7.41. The normalized spacial score (nSPS) is 12.8. The Hall–Kier alpha value is -0.770. The monoisotopic (exact) mass is 261 g/mol. The molecule has 0 bridgehead atoms. The van der Waals surface area contributed by atoms with Gasteiger partial charge in [-0.1, -0.05) is 29.3 Å². The Morgan fingerprint density at radius 2 is 2.00 bits per heavy atom. The van der Waals surface area contributed by atoms with Gasteiger partial charge in [0.2, 0.25) is 0 Å². The Morgan fingerprint density at radius 3 is 2.44 bits per heavy atom. The summed E-state index contributed by atoms with van der Waals surface area (Å²) in [7, 11) is 3.46. The van der Waals surface area contributed by atoms with Gasteiger partial charge in [-0.25, -0.2) is 0 Å². The van der Waals surface area contributed by atoms with Crippen molar-refractivity contribution < 1.29 is 9.90 Å². The number of nitrogens with zero attached hydrogens (tertiary/aromatic N) is 1. The fourth-order valence-electron chi connectivity index (χ4n) is 1.38. The molecule has 1 N–H and O–H groups in total. The molecule has 5 heteroatoms. The Labute approximate surface area is 105 Å². The first-order valence-corrected chi connectivity index (χ1v) is 5.50. The van der Waals surface area contributed by atoms with Gasteiger partial charge in [-0.05, 0) is 38.2 Å². The zero-order valence-electron chi connectivity index (χ0n) is 9.08. The van der Waals surface area contributed by atoms with Crippen LogP contribution in [0.2, 0.25) is 10.0 Å². The van der Waals surface area contributed by atoms with E-state index in [1.54, 1.807) is 37.2 Å². The number of aliphatic carboxylic acids is 1. The minimum atomic E-state index is -0.851. The van der Waals surface area contributed by atoms with E-state index in [0.29, 0.717) is 16.5 Å². The highest BCUT2D eigenvalue weighted by atomic mass is 35.5. The van der Waals surface area contributed by atoms with Crippen LogP contribution < -0.4 is 0 Å². The summed E-state index contributed by atoms with van der Waals surface area (Å²) in [6.45, 7) is 0. The van der Waals surface area contributed by atoms with Crippen molar-refractivity contribution in [2.45, 2.75) is 12.5 Å². The van der Waals surface area contributed by atoms with E-state index < -0.39 is 12.0 Å². The van der Waals surface area contributed by atoms with E-state index in [1.165, 1.54) is 0 Å². The predicted molar refractivity (Wildman–Crippen MR) is 65.3 cm³/mol. The lowest BCUT2D eigenvalue weighted by Crippen LogP contribution is -2.37. The smallest absolute Gasteiger partial charge is 0.321 e. The fraction of sp³-hybridized carbons (Fsp3) is 0.364. The van der Waals surface area contributed by atoms with Gasteiger partial charge in [0.1, 0.15) is 6.04 Å².